The first-order chi connectivity index (χ1) is 17.3. The predicted molar refractivity (Wildman–Crippen MR) is 137 cm³/mol. The minimum Gasteiger partial charge on any atom is -0.488 e. The first-order valence-corrected chi connectivity index (χ1v) is 11.7. The lowest BCUT2D eigenvalue weighted by atomic mass is 10.0. The topological polar surface area (TPSA) is 79.7 Å². The number of benzene rings is 3. The summed E-state index contributed by atoms with van der Waals surface area (Å²) in [5, 5.41) is 5.84. The van der Waals surface area contributed by atoms with Crippen LogP contribution >= 0.6 is 34.8 Å². The van der Waals surface area contributed by atoms with E-state index in [9.17, 15) is 9.59 Å². The number of carbonyl (C=O) groups excluding carboxylic acids is 2. The van der Waals surface area contributed by atoms with E-state index in [0.717, 1.165) is 0 Å². The van der Waals surface area contributed by atoms with Gasteiger partial charge in [0.05, 0.1) is 19.9 Å². The van der Waals surface area contributed by atoms with Gasteiger partial charge in [0.25, 0.3) is 0 Å². The van der Waals surface area contributed by atoms with Crippen molar-refractivity contribution >= 4 is 46.7 Å². The van der Waals surface area contributed by atoms with Crippen LogP contribution in [0.2, 0.25) is 15.1 Å². The number of rotatable bonds is 7. The minimum absolute atomic E-state index is 0.0317. The Morgan fingerprint density at radius 3 is 2.17 bits per heavy atom. The normalized spacial score (nSPS) is 10.7. The monoisotopic (exact) mass is 544 g/mol. The smallest absolute Gasteiger partial charge is 0.357 e. The molecule has 3 aromatic carbocycles. The zero-order chi connectivity index (χ0) is 25.8. The maximum Gasteiger partial charge on any atom is 0.357 e. The molecule has 184 valence electrons. The van der Waals surface area contributed by atoms with Crippen LogP contribution in [-0.2, 0) is 16.1 Å². The minimum atomic E-state index is -0.785. The van der Waals surface area contributed by atoms with Gasteiger partial charge in [-0.1, -0.05) is 59.1 Å². The lowest BCUT2D eigenvalue weighted by Crippen LogP contribution is -2.15. The Morgan fingerprint density at radius 2 is 1.53 bits per heavy atom. The number of hydrogen-bond donors (Lipinski definition) is 0. The summed E-state index contributed by atoms with van der Waals surface area (Å²) < 4.78 is 17.4. The molecule has 7 nitrogen and oxygen atoms in total. The van der Waals surface area contributed by atoms with Crippen molar-refractivity contribution in [2.24, 2.45) is 0 Å². The van der Waals surface area contributed by atoms with Crippen LogP contribution in [0.25, 0.3) is 16.9 Å². The molecule has 0 bridgehead atoms. The van der Waals surface area contributed by atoms with Gasteiger partial charge >= 0.3 is 11.9 Å². The molecule has 0 amide bonds. The van der Waals surface area contributed by atoms with Crippen molar-refractivity contribution in [3.8, 4) is 22.7 Å². The van der Waals surface area contributed by atoms with Gasteiger partial charge in [0.1, 0.15) is 23.6 Å². The van der Waals surface area contributed by atoms with Gasteiger partial charge in [0.2, 0.25) is 0 Å². The van der Waals surface area contributed by atoms with Gasteiger partial charge in [-0.3, -0.25) is 0 Å². The first-order valence-electron chi connectivity index (χ1n) is 10.6. The summed E-state index contributed by atoms with van der Waals surface area (Å²) >= 11 is 18.9. The summed E-state index contributed by atoms with van der Waals surface area (Å²) in [7, 11) is 2.43. The van der Waals surface area contributed by atoms with Gasteiger partial charge < -0.3 is 14.2 Å². The third kappa shape index (κ3) is 5.04. The second-order valence-corrected chi connectivity index (χ2v) is 8.68. The highest BCUT2D eigenvalue weighted by Crippen LogP contribution is 2.37. The van der Waals surface area contributed by atoms with Crippen LogP contribution in [0.3, 0.4) is 0 Å². The van der Waals surface area contributed by atoms with Crippen molar-refractivity contribution < 1.29 is 23.8 Å². The Balaban J connectivity index is 1.92. The van der Waals surface area contributed by atoms with Crippen molar-refractivity contribution in [1.29, 1.82) is 0 Å². The third-order valence-corrected chi connectivity index (χ3v) is 6.23. The van der Waals surface area contributed by atoms with Crippen molar-refractivity contribution in [3.63, 3.8) is 0 Å². The molecule has 4 aromatic rings. The molecule has 0 saturated carbocycles. The lowest BCUT2D eigenvalue weighted by Gasteiger charge is -2.13. The number of hydrogen-bond acceptors (Lipinski definition) is 6. The van der Waals surface area contributed by atoms with E-state index in [2.05, 4.69) is 5.10 Å². The molecule has 0 aliphatic carbocycles. The molecule has 0 spiro atoms. The highest BCUT2D eigenvalue weighted by atomic mass is 35.5. The van der Waals surface area contributed by atoms with E-state index in [0.29, 0.717) is 37.6 Å². The number of methoxy groups -OCH3 is 2. The van der Waals surface area contributed by atoms with Crippen LogP contribution in [0.4, 0.5) is 0 Å². The number of carbonyl (C=O) groups is 2. The van der Waals surface area contributed by atoms with Crippen LogP contribution in [0.1, 0.15) is 26.4 Å². The number of ether oxygens (including phenoxy) is 3. The van der Waals surface area contributed by atoms with E-state index in [-0.39, 0.29) is 23.6 Å². The molecule has 0 unspecified atom stereocenters. The van der Waals surface area contributed by atoms with Gasteiger partial charge in [-0.2, -0.15) is 5.10 Å². The molecule has 0 N–H and O–H groups in total. The standard InChI is InChI=1S/C26H19Cl3N2O5/c1-34-25(32)22-23(30-31(24(22)26(33)35-2)16-7-4-3-5-8-16)17-13-15(27)11-12-21(17)36-14-18-19(28)9-6-10-20(18)29/h3-13H,14H2,1-2H3. The molecule has 1 heterocycles. The third-order valence-electron chi connectivity index (χ3n) is 5.28. The Morgan fingerprint density at radius 1 is 0.861 bits per heavy atom. The van der Waals surface area contributed by atoms with Gasteiger partial charge in [-0.05, 0) is 42.5 Å². The molecule has 0 aliphatic heterocycles. The summed E-state index contributed by atoms with van der Waals surface area (Å²) in [4.78, 5) is 25.8. The van der Waals surface area contributed by atoms with Crippen molar-refractivity contribution in [1.82, 2.24) is 9.78 Å². The number of aromatic nitrogens is 2. The average Bonchev–Trinajstić information content (AvgIpc) is 3.29. The predicted octanol–water partition coefficient (Wildman–Crippen LogP) is 6.65. The van der Waals surface area contributed by atoms with Crippen LogP contribution < -0.4 is 4.74 Å². The zero-order valence-corrected chi connectivity index (χ0v) is 21.4. The fourth-order valence-corrected chi connectivity index (χ4v) is 4.26. The van der Waals surface area contributed by atoms with Gasteiger partial charge in [0.15, 0.2) is 5.69 Å². The molecule has 1 aromatic heterocycles. The Kier molecular flexibility index (Phi) is 7.84. The van der Waals surface area contributed by atoms with E-state index in [1.165, 1.54) is 18.9 Å². The molecule has 0 fully saturated rings. The van der Waals surface area contributed by atoms with Gasteiger partial charge in [0, 0.05) is 26.2 Å². The summed E-state index contributed by atoms with van der Waals surface area (Å²) in [6, 6.07) is 18.8. The number of nitrogens with zero attached hydrogens (tertiary/aromatic N) is 2. The Bertz CT molecular complexity index is 1420. The van der Waals surface area contributed by atoms with Crippen molar-refractivity contribution in [3.05, 3.63) is 98.6 Å². The lowest BCUT2D eigenvalue weighted by molar-refractivity contribution is 0.0549. The second kappa shape index (κ2) is 11.0. The molecule has 0 atom stereocenters. The van der Waals surface area contributed by atoms with E-state index in [1.54, 1.807) is 60.7 Å². The van der Waals surface area contributed by atoms with Crippen LogP contribution in [-0.4, -0.2) is 35.9 Å². The molecule has 0 saturated heterocycles. The van der Waals surface area contributed by atoms with Gasteiger partial charge in [-0.15, -0.1) is 0 Å². The van der Waals surface area contributed by atoms with E-state index in [4.69, 9.17) is 49.0 Å². The highest BCUT2D eigenvalue weighted by Gasteiger charge is 2.32. The van der Waals surface area contributed by atoms with Crippen molar-refractivity contribution in [2.75, 3.05) is 14.2 Å². The van der Waals surface area contributed by atoms with Gasteiger partial charge in [-0.25, -0.2) is 14.3 Å². The summed E-state index contributed by atoms with van der Waals surface area (Å²) in [5.74, 6) is -1.23. The number of esters is 2. The number of halogens is 3. The van der Waals surface area contributed by atoms with Crippen LogP contribution in [0.5, 0.6) is 5.75 Å². The largest absolute Gasteiger partial charge is 0.488 e. The zero-order valence-electron chi connectivity index (χ0n) is 19.1. The maximum absolute atomic E-state index is 13.0. The molecule has 0 radical (unpaired) electrons. The fourth-order valence-electron chi connectivity index (χ4n) is 3.58. The molecular formula is C26H19Cl3N2O5. The Labute approximate surface area is 222 Å². The fraction of sp³-hybridized carbons (Fsp3) is 0.115. The summed E-state index contributed by atoms with van der Waals surface area (Å²) in [6.07, 6.45) is 0. The van der Waals surface area contributed by atoms with Crippen molar-refractivity contribution in [2.45, 2.75) is 6.61 Å². The van der Waals surface area contributed by atoms with Crippen LogP contribution in [0, 0.1) is 0 Å². The maximum atomic E-state index is 13.0. The summed E-state index contributed by atoms with van der Waals surface area (Å²) in [6.45, 7) is 0.0317. The van der Waals surface area contributed by atoms with E-state index < -0.39 is 11.9 Å². The highest BCUT2D eigenvalue weighted by molar-refractivity contribution is 6.36. The average molecular weight is 546 g/mol. The number of para-hydroxylation sites is 1. The molecular weight excluding hydrogens is 527 g/mol. The SMILES string of the molecule is COC(=O)c1c(-c2cc(Cl)ccc2OCc2c(Cl)cccc2Cl)nn(-c2ccccc2)c1C(=O)OC. The Hall–Kier alpha value is -3.52. The molecule has 10 heteroatoms. The van der Waals surface area contributed by atoms with E-state index in [1.807, 2.05) is 6.07 Å². The first kappa shape index (κ1) is 25.6. The summed E-state index contributed by atoms with van der Waals surface area (Å²) in [5.41, 5.74) is 1.38. The quantitative estimate of drug-likeness (QED) is 0.242. The second-order valence-electron chi connectivity index (χ2n) is 7.43. The molecule has 4 rings (SSSR count). The molecule has 36 heavy (non-hydrogen) atoms. The van der Waals surface area contributed by atoms with Crippen LogP contribution in [0.15, 0.2) is 66.7 Å². The van der Waals surface area contributed by atoms with E-state index >= 15 is 0 Å². The molecule has 0 aliphatic rings.